The first-order valence-corrected chi connectivity index (χ1v) is 5.88. The van der Waals surface area contributed by atoms with E-state index in [0.717, 1.165) is 23.4 Å². The maximum atomic E-state index is 5.70. The average Bonchev–Trinajstić information content (AvgIpc) is 2.14. The van der Waals surface area contributed by atoms with Gasteiger partial charge in [0.25, 0.3) is 0 Å². The minimum Gasteiger partial charge on any atom is -0.476 e. The molecule has 1 rings (SSSR count). The van der Waals surface area contributed by atoms with Gasteiger partial charge in [0.05, 0.1) is 5.56 Å². The van der Waals surface area contributed by atoms with Crippen LogP contribution >= 0.6 is 12.2 Å². The number of likely N-dealkylation sites (N-methyl/N-ethyl adjacent to an activating group) is 1. The van der Waals surface area contributed by atoms with Crippen LogP contribution in [0.3, 0.4) is 0 Å². The lowest BCUT2D eigenvalue weighted by atomic mass is 10.1. The molecule has 0 fully saturated rings. The van der Waals surface area contributed by atoms with Crippen LogP contribution in [0.2, 0.25) is 0 Å². The average molecular weight is 253 g/mol. The van der Waals surface area contributed by atoms with Crippen LogP contribution in [0.1, 0.15) is 16.8 Å². The third-order valence-electron chi connectivity index (χ3n) is 2.34. The molecular weight excluding hydrogens is 234 g/mol. The molecule has 1 aromatic rings. The molecule has 0 unspecified atom stereocenters. The summed E-state index contributed by atoms with van der Waals surface area (Å²) in [5.41, 5.74) is 8.35. The molecule has 5 heteroatoms. The van der Waals surface area contributed by atoms with Crippen molar-refractivity contribution < 1.29 is 4.74 Å². The summed E-state index contributed by atoms with van der Waals surface area (Å²) in [6, 6.07) is 1.95. The number of hydrogen-bond donors (Lipinski definition) is 1. The standard InChI is InChI=1S/C12H19N3OS/c1-8-7-9(2)14-12(10(8)11(13)17)16-6-5-15(3)4/h7H,5-6H2,1-4H3,(H2,13,17). The number of pyridine rings is 1. The van der Waals surface area contributed by atoms with Gasteiger partial charge in [-0.05, 0) is 39.6 Å². The van der Waals surface area contributed by atoms with E-state index in [0.29, 0.717) is 17.5 Å². The van der Waals surface area contributed by atoms with Crippen LogP contribution in [0.5, 0.6) is 5.88 Å². The monoisotopic (exact) mass is 253 g/mol. The molecule has 0 aliphatic heterocycles. The quantitative estimate of drug-likeness (QED) is 0.801. The zero-order chi connectivity index (χ0) is 13.0. The van der Waals surface area contributed by atoms with Crippen LogP contribution in [0.4, 0.5) is 0 Å². The Labute approximate surface area is 108 Å². The summed E-state index contributed by atoms with van der Waals surface area (Å²) in [4.78, 5) is 6.72. The number of ether oxygens (including phenoxy) is 1. The Kier molecular flexibility index (Phi) is 4.84. The van der Waals surface area contributed by atoms with Crippen molar-refractivity contribution in [3.05, 3.63) is 22.9 Å². The Morgan fingerprint density at radius 3 is 2.65 bits per heavy atom. The molecule has 1 aromatic heterocycles. The molecule has 0 aliphatic rings. The van der Waals surface area contributed by atoms with E-state index in [-0.39, 0.29) is 0 Å². The number of aromatic nitrogens is 1. The summed E-state index contributed by atoms with van der Waals surface area (Å²) in [5, 5.41) is 0. The Morgan fingerprint density at radius 1 is 1.47 bits per heavy atom. The van der Waals surface area contributed by atoms with Gasteiger partial charge in [0, 0.05) is 12.2 Å². The van der Waals surface area contributed by atoms with Gasteiger partial charge in [0.1, 0.15) is 11.6 Å². The van der Waals surface area contributed by atoms with Gasteiger partial charge in [0.2, 0.25) is 5.88 Å². The lowest BCUT2D eigenvalue weighted by molar-refractivity contribution is 0.253. The second-order valence-corrected chi connectivity index (χ2v) is 4.72. The molecule has 0 bridgehead atoms. The fraction of sp³-hybridized carbons (Fsp3) is 0.500. The van der Waals surface area contributed by atoms with E-state index in [1.165, 1.54) is 0 Å². The van der Waals surface area contributed by atoms with Crippen LogP contribution in [-0.4, -0.2) is 42.1 Å². The molecule has 2 N–H and O–H groups in total. The van der Waals surface area contributed by atoms with Crippen molar-refractivity contribution in [3.63, 3.8) is 0 Å². The first kappa shape index (κ1) is 13.9. The first-order chi connectivity index (χ1) is 7.91. The molecule has 0 spiro atoms. The van der Waals surface area contributed by atoms with Crippen LogP contribution in [0, 0.1) is 13.8 Å². The lowest BCUT2D eigenvalue weighted by Crippen LogP contribution is -2.21. The molecule has 94 valence electrons. The number of nitrogens with zero attached hydrogens (tertiary/aromatic N) is 2. The molecule has 4 nitrogen and oxygen atoms in total. The van der Waals surface area contributed by atoms with E-state index >= 15 is 0 Å². The molecular formula is C12H19N3OS. The molecule has 17 heavy (non-hydrogen) atoms. The van der Waals surface area contributed by atoms with E-state index in [9.17, 15) is 0 Å². The Morgan fingerprint density at radius 2 is 2.12 bits per heavy atom. The predicted molar refractivity (Wildman–Crippen MR) is 73.6 cm³/mol. The molecule has 1 heterocycles. The Bertz CT molecular complexity index is 418. The van der Waals surface area contributed by atoms with Gasteiger partial charge in [-0.3, -0.25) is 0 Å². The van der Waals surface area contributed by atoms with Gasteiger partial charge in [-0.15, -0.1) is 0 Å². The van der Waals surface area contributed by atoms with E-state index in [4.69, 9.17) is 22.7 Å². The SMILES string of the molecule is Cc1cc(C)c(C(N)=S)c(OCCN(C)C)n1. The van der Waals surface area contributed by atoms with E-state index < -0.39 is 0 Å². The summed E-state index contributed by atoms with van der Waals surface area (Å²) in [7, 11) is 3.99. The Hall–Kier alpha value is -1.20. The van der Waals surface area contributed by atoms with Gasteiger partial charge in [-0.25, -0.2) is 4.98 Å². The maximum Gasteiger partial charge on any atom is 0.224 e. The molecule has 0 saturated heterocycles. The van der Waals surface area contributed by atoms with Crippen molar-refractivity contribution in [2.45, 2.75) is 13.8 Å². The van der Waals surface area contributed by atoms with E-state index in [1.807, 2.05) is 38.9 Å². The highest BCUT2D eigenvalue weighted by molar-refractivity contribution is 7.80. The van der Waals surface area contributed by atoms with Gasteiger partial charge in [0.15, 0.2) is 0 Å². The molecule has 0 saturated carbocycles. The second kappa shape index (κ2) is 5.93. The van der Waals surface area contributed by atoms with Crippen molar-refractivity contribution in [3.8, 4) is 5.88 Å². The zero-order valence-corrected chi connectivity index (χ0v) is 11.6. The molecule has 0 amide bonds. The van der Waals surface area contributed by atoms with Crippen molar-refractivity contribution in [1.29, 1.82) is 0 Å². The highest BCUT2D eigenvalue weighted by atomic mass is 32.1. The van der Waals surface area contributed by atoms with Crippen molar-refractivity contribution in [2.75, 3.05) is 27.2 Å². The highest BCUT2D eigenvalue weighted by Gasteiger charge is 2.12. The van der Waals surface area contributed by atoms with Crippen LogP contribution in [0.25, 0.3) is 0 Å². The minimum absolute atomic E-state index is 0.329. The van der Waals surface area contributed by atoms with E-state index in [1.54, 1.807) is 0 Å². The number of rotatable bonds is 5. The Balaban J connectivity index is 2.92. The van der Waals surface area contributed by atoms with Crippen molar-refractivity contribution in [2.24, 2.45) is 5.73 Å². The van der Waals surface area contributed by atoms with Gasteiger partial charge in [-0.1, -0.05) is 12.2 Å². The van der Waals surface area contributed by atoms with Gasteiger partial charge < -0.3 is 15.4 Å². The predicted octanol–water partition coefficient (Wildman–Crippen LogP) is 1.27. The topological polar surface area (TPSA) is 51.4 Å². The van der Waals surface area contributed by atoms with E-state index in [2.05, 4.69) is 4.98 Å². The lowest BCUT2D eigenvalue weighted by Gasteiger charge is -2.14. The third-order valence-corrected chi connectivity index (χ3v) is 2.54. The van der Waals surface area contributed by atoms with Crippen molar-refractivity contribution >= 4 is 17.2 Å². The van der Waals surface area contributed by atoms with Crippen molar-refractivity contribution in [1.82, 2.24) is 9.88 Å². The molecule has 0 aromatic carbocycles. The second-order valence-electron chi connectivity index (χ2n) is 4.28. The smallest absolute Gasteiger partial charge is 0.224 e. The number of nitrogens with two attached hydrogens (primary N) is 1. The zero-order valence-electron chi connectivity index (χ0n) is 10.8. The van der Waals surface area contributed by atoms with Gasteiger partial charge in [-0.2, -0.15) is 0 Å². The third kappa shape index (κ3) is 3.94. The summed E-state index contributed by atoms with van der Waals surface area (Å²) < 4.78 is 5.65. The van der Waals surface area contributed by atoms with Crippen LogP contribution in [-0.2, 0) is 0 Å². The minimum atomic E-state index is 0.329. The van der Waals surface area contributed by atoms with Crippen LogP contribution < -0.4 is 10.5 Å². The summed E-state index contributed by atoms with van der Waals surface area (Å²) in [6.07, 6.45) is 0. The summed E-state index contributed by atoms with van der Waals surface area (Å²) in [6.45, 7) is 5.28. The number of thiocarbonyl (C=S) groups is 1. The fourth-order valence-electron chi connectivity index (χ4n) is 1.53. The van der Waals surface area contributed by atoms with Crippen LogP contribution in [0.15, 0.2) is 6.07 Å². The highest BCUT2D eigenvalue weighted by Crippen LogP contribution is 2.20. The number of hydrogen-bond acceptors (Lipinski definition) is 4. The maximum absolute atomic E-state index is 5.70. The summed E-state index contributed by atoms with van der Waals surface area (Å²) in [5.74, 6) is 0.539. The largest absolute Gasteiger partial charge is 0.476 e. The normalized spacial score (nSPS) is 10.6. The van der Waals surface area contributed by atoms with Gasteiger partial charge >= 0.3 is 0 Å². The molecule has 0 radical (unpaired) electrons. The summed E-state index contributed by atoms with van der Waals surface area (Å²) >= 11 is 5.03. The molecule has 0 atom stereocenters. The molecule has 0 aliphatic carbocycles. The number of aryl methyl sites for hydroxylation is 2. The fourth-order valence-corrected chi connectivity index (χ4v) is 1.78. The first-order valence-electron chi connectivity index (χ1n) is 5.47.